The normalized spacial score (nSPS) is 16.9. The van der Waals surface area contributed by atoms with E-state index in [2.05, 4.69) is 16.7 Å². The van der Waals surface area contributed by atoms with Gasteiger partial charge in [-0.25, -0.2) is 4.39 Å². The first-order valence-corrected chi connectivity index (χ1v) is 6.67. The van der Waals surface area contributed by atoms with E-state index >= 15 is 0 Å². The first-order chi connectivity index (χ1) is 9.44. The minimum absolute atomic E-state index is 0.0516. The van der Waals surface area contributed by atoms with E-state index in [0.717, 1.165) is 18.4 Å². The van der Waals surface area contributed by atoms with Crippen LogP contribution in [-0.4, -0.2) is 18.0 Å². The summed E-state index contributed by atoms with van der Waals surface area (Å²) in [7, 11) is 0. The van der Waals surface area contributed by atoms with Gasteiger partial charge in [0.25, 0.3) is 0 Å². The number of rotatable bonds is 5. The summed E-state index contributed by atoms with van der Waals surface area (Å²) in [5.74, 6) is -0.462. The van der Waals surface area contributed by atoms with E-state index in [-0.39, 0.29) is 29.9 Å². The van der Waals surface area contributed by atoms with E-state index in [9.17, 15) is 9.18 Å². The lowest BCUT2D eigenvalue weighted by Gasteiger charge is -2.23. The molecule has 1 saturated carbocycles. The Hall–Kier alpha value is -2.09. The van der Waals surface area contributed by atoms with Gasteiger partial charge in [-0.15, -0.1) is 0 Å². The van der Waals surface area contributed by atoms with Gasteiger partial charge in [-0.2, -0.15) is 5.26 Å². The lowest BCUT2D eigenvalue weighted by molar-refractivity contribution is -0.120. The molecule has 1 aromatic rings. The molecule has 0 saturated heterocycles. The Kier molecular flexibility index (Phi) is 3.93. The molecule has 0 aromatic heterocycles. The van der Waals surface area contributed by atoms with Crippen LogP contribution in [0, 0.1) is 30.0 Å². The highest BCUT2D eigenvalue weighted by atomic mass is 19.1. The van der Waals surface area contributed by atoms with Crippen LogP contribution >= 0.6 is 0 Å². The van der Waals surface area contributed by atoms with Crippen LogP contribution in [0.3, 0.4) is 0 Å². The quantitative estimate of drug-likeness (QED) is 0.867. The topological polar surface area (TPSA) is 64.9 Å². The van der Waals surface area contributed by atoms with E-state index < -0.39 is 5.54 Å². The molecule has 0 radical (unpaired) electrons. The number of nitriles is 1. The number of carbonyl (C=O) groups is 1. The Morgan fingerprint density at radius 3 is 2.80 bits per heavy atom. The summed E-state index contributed by atoms with van der Waals surface area (Å²) in [6.07, 6.45) is 1.93. The molecule has 2 rings (SSSR count). The summed E-state index contributed by atoms with van der Waals surface area (Å²) in [6.45, 7) is 3.48. The molecule has 2 N–H and O–H groups in total. The zero-order valence-electron chi connectivity index (χ0n) is 11.7. The van der Waals surface area contributed by atoms with Crippen molar-refractivity contribution in [1.82, 2.24) is 5.32 Å². The van der Waals surface area contributed by atoms with Gasteiger partial charge in [0, 0.05) is 0 Å². The largest absolute Gasteiger partial charge is 0.374 e. The summed E-state index contributed by atoms with van der Waals surface area (Å²) in [5, 5.41) is 14.6. The van der Waals surface area contributed by atoms with Gasteiger partial charge in [0.05, 0.1) is 18.3 Å². The molecule has 4 nitrogen and oxygen atoms in total. The molecule has 1 amide bonds. The van der Waals surface area contributed by atoms with Crippen molar-refractivity contribution in [2.45, 2.75) is 32.2 Å². The van der Waals surface area contributed by atoms with Crippen molar-refractivity contribution in [3.8, 4) is 6.07 Å². The minimum Gasteiger partial charge on any atom is -0.374 e. The number of carbonyl (C=O) groups excluding carboxylic acids is 1. The average Bonchev–Trinajstić information content (AvgIpc) is 3.22. The van der Waals surface area contributed by atoms with Crippen LogP contribution in [0.1, 0.15) is 25.3 Å². The maximum absolute atomic E-state index is 13.6. The van der Waals surface area contributed by atoms with E-state index in [1.54, 1.807) is 26.0 Å². The molecule has 1 aliphatic rings. The second-order valence-corrected chi connectivity index (χ2v) is 5.47. The van der Waals surface area contributed by atoms with Crippen LogP contribution in [0.15, 0.2) is 18.2 Å². The Bertz CT molecular complexity index is 563. The molecule has 5 heteroatoms. The maximum Gasteiger partial charge on any atom is 0.240 e. The first-order valence-electron chi connectivity index (χ1n) is 6.67. The van der Waals surface area contributed by atoms with Crippen LogP contribution in [0.2, 0.25) is 0 Å². The summed E-state index contributed by atoms with van der Waals surface area (Å²) in [6, 6.07) is 6.93. The third-order valence-electron chi connectivity index (χ3n) is 3.59. The number of aryl methyl sites for hydroxylation is 1. The van der Waals surface area contributed by atoms with Gasteiger partial charge in [-0.3, -0.25) is 4.79 Å². The number of halogens is 1. The Morgan fingerprint density at radius 2 is 2.25 bits per heavy atom. The van der Waals surface area contributed by atoms with Gasteiger partial charge in [-0.05, 0) is 50.3 Å². The SMILES string of the molecule is Cc1ccc(NCC(=O)N[C@@](C)(C#N)C2CC2)c(F)c1. The molecule has 0 heterocycles. The molecule has 0 unspecified atom stereocenters. The Balaban J connectivity index is 1.90. The Labute approximate surface area is 118 Å². The van der Waals surface area contributed by atoms with Crippen molar-refractivity contribution in [2.24, 2.45) is 5.92 Å². The molecule has 106 valence electrons. The third kappa shape index (κ3) is 3.27. The molecular weight excluding hydrogens is 257 g/mol. The molecule has 0 aliphatic heterocycles. The molecule has 1 atom stereocenters. The predicted molar refractivity (Wildman–Crippen MR) is 74.5 cm³/mol. The molecular formula is C15H18FN3O. The summed E-state index contributed by atoms with van der Waals surface area (Å²) >= 11 is 0. The van der Waals surface area contributed by atoms with Gasteiger partial charge in [0.15, 0.2) is 0 Å². The summed E-state index contributed by atoms with van der Waals surface area (Å²) < 4.78 is 13.6. The van der Waals surface area contributed by atoms with Crippen molar-refractivity contribution >= 4 is 11.6 Å². The summed E-state index contributed by atoms with van der Waals surface area (Å²) in [4.78, 5) is 11.9. The molecule has 1 aliphatic carbocycles. The molecule has 0 bridgehead atoms. The van der Waals surface area contributed by atoms with Gasteiger partial charge >= 0.3 is 0 Å². The number of nitrogens with one attached hydrogen (secondary N) is 2. The van der Waals surface area contributed by atoms with E-state index in [1.807, 2.05) is 0 Å². The fourth-order valence-electron chi connectivity index (χ4n) is 2.15. The number of hydrogen-bond donors (Lipinski definition) is 2. The minimum atomic E-state index is -0.815. The van der Waals surface area contributed by atoms with Crippen molar-refractivity contribution in [3.05, 3.63) is 29.6 Å². The zero-order chi connectivity index (χ0) is 14.8. The standard InChI is InChI=1S/C15H18FN3O/c1-10-3-6-13(12(16)7-10)18-8-14(20)19-15(2,9-17)11-4-5-11/h3,6-7,11,18H,4-5,8H2,1-2H3,(H,19,20)/t15-/m0/s1. The molecule has 20 heavy (non-hydrogen) atoms. The van der Waals surface area contributed by atoms with Crippen molar-refractivity contribution in [1.29, 1.82) is 5.26 Å². The predicted octanol–water partition coefficient (Wildman–Crippen LogP) is 2.35. The molecule has 0 spiro atoms. The van der Waals surface area contributed by atoms with E-state index in [1.165, 1.54) is 6.07 Å². The fraction of sp³-hybridized carbons (Fsp3) is 0.467. The monoisotopic (exact) mass is 275 g/mol. The zero-order valence-corrected chi connectivity index (χ0v) is 11.7. The smallest absolute Gasteiger partial charge is 0.240 e. The third-order valence-corrected chi connectivity index (χ3v) is 3.59. The van der Waals surface area contributed by atoms with Gasteiger partial charge in [0.2, 0.25) is 5.91 Å². The van der Waals surface area contributed by atoms with Gasteiger partial charge in [-0.1, -0.05) is 6.07 Å². The second-order valence-electron chi connectivity index (χ2n) is 5.47. The fourth-order valence-corrected chi connectivity index (χ4v) is 2.15. The van der Waals surface area contributed by atoms with E-state index in [0.29, 0.717) is 0 Å². The van der Waals surface area contributed by atoms with E-state index in [4.69, 9.17) is 5.26 Å². The van der Waals surface area contributed by atoms with Crippen molar-refractivity contribution in [2.75, 3.05) is 11.9 Å². The van der Waals surface area contributed by atoms with Crippen molar-refractivity contribution in [3.63, 3.8) is 0 Å². The molecule has 1 fully saturated rings. The number of benzene rings is 1. The highest BCUT2D eigenvalue weighted by molar-refractivity contribution is 5.82. The van der Waals surface area contributed by atoms with Crippen LogP contribution in [0.4, 0.5) is 10.1 Å². The van der Waals surface area contributed by atoms with Crippen molar-refractivity contribution < 1.29 is 9.18 Å². The highest BCUT2D eigenvalue weighted by Gasteiger charge is 2.42. The lowest BCUT2D eigenvalue weighted by Crippen LogP contribution is -2.48. The number of anilines is 1. The van der Waals surface area contributed by atoms with Crippen LogP contribution < -0.4 is 10.6 Å². The van der Waals surface area contributed by atoms with Crippen LogP contribution in [0.5, 0.6) is 0 Å². The summed E-state index contributed by atoms with van der Waals surface area (Å²) in [5.41, 5.74) is 0.295. The number of nitrogens with zero attached hydrogens (tertiary/aromatic N) is 1. The van der Waals surface area contributed by atoms with Gasteiger partial charge in [0.1, 0.15) is 11.4 Å². The maximum atomic E-state index is 13.6. The van der Waals surface area contributed by atoms with Crippen LogP contribution in [0.25, 0.3) is 0 Å². The number of amides is 1. The molecule has 1 aromatic carbocycles. The Morgan fingerprint density at radius 1 is 1.55 bits per heavy atom. The number of hydrogen-bond acceptors (Lipinski definition) is 3. The average molecular weight is 275 g/mol. The van der Waals surface area contributed by atoms with Crippen LogP contribution in [-0.2, 0) is 4.79 Å². The first kappa shape index (κ1) is 14.3. The lowest BCUT2D eigenvalue weighted by atomic mass is 9.98. The van der Waals surface area contributed by atoms with Gasteiger partial charge < -0.3 is 10.6 Å². The highest BCUT2D eigenvalue weighted by Crippen LogP contribution is 2.39. The second kappa shape index (κ2) is 5.49.